The topological polar surface area (TPSA) is 49.4 Å². The summed E-state index contributed by atoms with van der Waals surface area (Å²) in [7, 11) is 0. The van der Waals surface area contributed by atoms with Crippen LogP contribution < -0.4 is 5.32 Å². The highest BCUT2D eigenvalue weighted by molar-refractivity contribution is 5.97. The zero-order chi connectivity index (χ0) is 21.2. The summed E-state index contributed by atoms with van der Waals surface area (Å²) in [6.45, 7) is 5.95. The molecular formula is C17H20F6N2O2. The molecule has 0 saturated carbocycles. The van der Waals surface area contributed by atoms with Gasteiger partial charge in [0, 0.05) is 17.6 Å². The smallest absolute Gasteiger partial charge is 0.350 e. The van der Waals surface area contributed by atoms with Crippen LogP contribution in [0.15, 0.2) is 18.2 Å². The van der Waals surface area contributed by atoms with Crippen LogP contribution in [0.4, 0.5) is 26.3 Å². The minimum atomic E-state index is -5.06. The maximum atomic E-state index is 12.9. The Morgan fingerprint density at radius 1 is 0.926 bits per heavy atom. The molecule has 0 heterocycles. The molecule has 1 rings (SSSR count). The van der Waals surface area contributed by atoms with Crippen molar-refractivity contribution in [2.75, 3.05) is 13.1 Å². The van der Waals surface area contributed by atoms with Crippen molar-refractivity contribution in [2.24, 2.45) is 0 Å². The first kappa shape index (κ1) is 22.8. The van der Waals surface area contributed by atoms with E-state index in [-0.39, 0.29) is 12.6 Å². The van der Waals surface area contributed by atoms with Gasteiger partial charge in [-0.15, -0.1) is 0 Å². The van der Waals surface area contributed by atoms with Gasteiger partial charge in [-0.3, -0.25) is 9.59 Å². The monoisotopic (exact) mass is 398 g/mol. The summed E-state index contributed by atoms with van der Waals surface area (Å²) in [6, 6.07) is 0.642. The zero-order valence-corrected chi connectivity index (χ0v) is 15.2. The molecule has 0 unspecified atom stereocenters. The molecule has 1 aromatic carbocycles. The molecule has 1 N–H and O–H groups in total. The van der Waals surface area contributed by atoms with Crippen molar-refractivity contribution < 1.29 is 35.9 Å². The normalized spacial score (nSPS) is 12.7. The van der Waals surface area contributed by atoms with E-state index in [1.807, 2.05) is 0 Å². The lowest BCUT2D eigenvalue weighted by Crippen LogP contribution is -2.47. The summed E-state index contributed by atoms with van der Waals surface area (Å²) >= 11 is 0. The van der Waals surface area contributed by atoms with Crippen LogP contribution >= 0.6 is 0 Å². The first-order chi connectivity index (χ1) is 12.0. The van der Waals surface area contributed by atoms with Crippen molar-refractivity contribution in [1.29, 1.82) is 0 Å². The van der Waals surface area contributed by atoms with Crippen molar-refractivity contribution in [3.8, 4) is 0 Å². The van der Waals surface area contributed by atoms with E-state index in [1.165, 1.54) is 6.92 Å². The van der Waals surface area contributed by atoms with Crippen LogP contribution in [-0.4, -0.2) is 35.3 Å². The molecule has 27 heavy (non-hydrogen) atoms. The molecule has 2 amide bonds. The second-order valence-electron chi connectivity index (χ2n) is 6.91. The van der Waals surface area contributed by atoms with Crippen LogP contribution in [0.1, 0.15) is 49.2 Å². The number of carbonyl (C=O) groups is 2. The van der Waals surface area contributed by atoms with E-state index in [4.69, 9.17) is 0 Å². The van der Waals surface area contributed by atoms with Gasteiger partial charge in [-0.05, 0) is 45.9 Å². The van der Waals surface area contributed by atoms with E-state index >= 15 is 0 Å². The summed E-state index contributed by atoms with van der Waals surface area (Å²) in [6.07, 6.45) is -10.1. The molecule has 0 aliphatic heterocycles. The minimum Gasteiger partial charge on any atom is -0.350 e. The number of likely N-dealkylation sites (N-methyl/N-ethyl adjacent to an activating group) is 1. The standard InChI is InChI=1S/C17H20F6N2O2/c1-5-25(9-13(26)24-15(2,3)4)14(27)10-6-11(16(18,19)20)8-12(7-10)17(21,22)23/h6-8H,5,9H2,1-4H3,(H,24,26). The number of rotatable bonds is 4. The van der Waals surface area contributed by atoms with Crippen LogP contribution in [0.2, 0.25) is 0 Å². The summed E-state index contributed by atoms with van der Waals surface area (Å²) in [5.41, 5.74) is -4.58. The average Bonchev–Trinajstić information content (AvgIpc) is 2.48. The second-order valence-corrected chi connectivity index (χ2v) is 6.91. The van der Waals surface area contributed by atoms with Crippen molar-refractivity contribution in [2.45, 2.75) is 45.6 Å². The van der Waals surface area contributed by atoms with Crippen molar-refractivity contribution in [3.63, 3.8) is 0 Å². The summed E-state index contributed by atoms with van der Waals surface area (Å²) in [5.74, 6) is -1.68. The van der Waals surface area contributed by atoms with Gasteiger partial charge in [0.2, 0.25) is 5.91 Å². The van der Waals surface area contributed by atoms with Gasteiger partial charge in [0.05, 0.1) is 17.7 Å². The van der Waals surface area contributed by atoms with E-state index < -0.39 is 52.9 Å². The maximum absolute atomic E-state index is 12.9. The highest BCUT2D eigenvalue weighted by atomic mass is 19.4. The van der Waals surface area contributed by atoms with Crippen LogP contribution in [0.25, 0.3) is 0 Å². The number of nitrogens with zero attached hydrogens (tertiary/aromatic N) is 1. The van der Waals surface area contributed by atoms with Gasteiger partial charge in [0.1, 0.15) is 0 Å². The van der Waals surface area contributed by atoms with Gasteiger partial charge in [0.15, 0.2) is 0 Å². The number of nitrogens with one attached hydrogen (secondary N) is 1. The summed E-state index contributed by atoms with van der Waals surface area (Å²) in [4.78, 5) is 25.3. The van der Waals surface area contributed by atoms with Gasteiger partial charge in [-0.1, -0.05) is 0 Å². The lowest BCUT2D eigenvalue weighted by atomic mass is 10.0. The number of alkyl halides is 6. The van der Waals surface area contributed by atoms with Gasteiger partial charge in [0.25, 0.3) is 5.91 Å². The zero-order valence-electron chi connectivity index (χ0n) is 15.2. The Labute approximate surface area is 152 Å². The third-order valence-electron chi connectivity index (χ3n) is 3.35. The van der Waals surface area contributed by atoms with Gasteiger partial charge < -0.3 is 10.2 Å². The fraction of sp³-hybridized carbons (Fsp3) is 0.529. The maximum Gasteiger partial charge on any atom is 0.416 e. The minimum absolute atomic E-state index is 0.0562. The predicted octanol–water partition coefficient (Wildman–Crippen LogP) is 4.10. The number of benzene rings is 1. The summed E-state index contributed by atoms with van der Waals surface area (Å²) in [5, 5.41) is 2.57. The Hall–Kier alpha value is -2.26. The van der Waals surface area contributed by atoms with Gasteiger partial charge >= 0.3 is 12.4 Å². The molecule has 0 bridgehead atoms. The van der Waals surface area contributed by atoms with E-state index in [9.17, 15) is 35.9 Å². The first-order valence-electron chi connectivity index (χ1n) is 7.94. The fourth-order valence-electron chi connectivity index (χ4n) is 2.22. The van der Waals surface area contributed by atoms with E-state index in [1.54, 1.807) is 20.8 Å². The SMILES string of the molecule is CCN(CC(=O)NC(C)(C)C)C(=O)c1cc(C(F)(F)F)cc(C(F)(F)F)c1. The van der Waals surface area contributed by atoms with Crippen LogP contribution in [0.5, 0.6) is 0 Å². The van der Waals surface area contributed by atoms with E-state index in [2.05, 4.69) is 5.32 Å². The molecule has 10 heteroatoms. The van der Waals surface area contributed by atoms with Crippen molar-refractivity contribution in [1.82, 2.24) is 10.2 Å². The molecular weight excluding hydrogens is 378 g/mol. The molecule has 0 fully saturated rings. The highest BCUT2D eigenvalue weighted by Gasteiger charge is 2.38. The van der Waals surface area contributed by atoms with Crippen LogP contribution in [0, 0.1) is 0 Å². The fourth-order valence-corrected chi connectivity index (χ4v) is 2.22. The Bertz CT molecular complexity index is 673. The van der Waals surface area contributed by atoms with Crippen LogP contribution in [-0.2, 0) is 17.1 Å². The number of halogens is 6. The molecule has 4 nitrogen and oxygen atoms in total. The average molecular weight is 398 g/mol. The van der Waals surface area contributed by atoms with Crippen molar-refractivity contribution in [3.05, 3.63) is 34.9 Å². The first-order valence-corrected chi connectivity index (χ1v) is 7.94. The van der Waals surface area contributed by atoms with Crippen LogP contribution in [0.3, 0.4) is 0 Å². The molecule has 0 radical (unpaired) electrons. The second kappa shape index (κ2) is 7.77. The molecule has 152 valence electrons. The number of hydrogen-bond acceptors (Lipinski definition) is 2. The quantitative estimate of drug-likeness (QED) is 0.777. The molecule has 0 aliphatic carbocycles. The lowest BCUT2D eigenvalue weighted by Gasteiger charge is -2.25. The molecule has 0 saturated heterocycles. The molecule has 0 aliphatic rings. The van der Waals surface area contributed by atoms with E-state index in [0.29, 0.717) is 12.1 Å². The predicted molar refractivity (Wildman–Crippen MR) is 85.9 cm³/mol. The van der Waals surface area contributed by atoms with E-state index in [0.717, 1.165) is 4.90 Å². The number of hydrogen-bond donors (Lipinski definition) is 1. The van der Waals surface area contributed by atoms with Gasteiger partial charge in [-0.25, -0.2) is 0 Å². The van der Waals surface area contributed by atoms with Gasteiger partial charge in [-0.2, -0.15) is 26.3 Å². The Kier molecular flexibility index (Phi) is 6.56. The molecule has 0 aromatic heterocycles. The Morgan fingerprint density at radius 2 is 1.37 bits per heavy atom. The molecule has 0 atom stereocenters. The molecule has 1 aromatic rings. The highest BCUT2D eigenvalue weighted by Crippen LogP contribution is 2.36. The van der Waals surface area contributed by atoms with Crippen molar-refractivity contribution >= 4 is 11.8 Å². The third-order valence-corrected chi connectivity index (χ3v) is 3.35. The molecule has 0 spiro atoms. The Morgan fingerprint density at radius 3 is 1.70 bits per heavy atom. The third kappa shape index (κ3) is 6.76. The number of carbonyl (C=O) groups excluding carboxylic acids is 2. The Balaban J connectivity index is 3.25. The lowest BCUT2D eigenvalue weighted by molar-refractivity contribution is -0.143. The number of amides is 2. The summed E-state index contributed by atoms with van der Waals surface area (Å²) < 4.78 is 77.5. The largest absolute Gasteiger partial charge is 0.416 e.